The SMILES string of the molecule is COc1cccc(C(NCC(O)COC(C)c2ccccc2)c2nccn2C)c1. The average Bonchev–Trinajstić information content (AvgIpc) is 3.18. The minimum atomic E-state index is -0.644. The predicted molar refractivity (Wildman–Crippen MR) is 113 cm³/mol. The Morgan fingerprint density at radius 2 is 1.86 bits per heavy atom. The number of hydrogen-bond donors (Lipinski definition) is 2. The van der Waals surface area contributed by atoms with Crippen molar-refractivity contribution in [3.63, 3.8) is 0 Å². The van der Waals surface area contributed by atoms with Crippen LogP contribution < -0.4 is 10.1 Å². The molecule has 6 nitrogen and oxygen atoms in total. The van der Waals surface area contributed by atoms with E-state index >= 15 is 0 Å². The Bertz CT molecular complexity index is 882. The second kappa shape index (κ2) is 10.2. The second-order valence-corrected chi connectivity index (χ2v) is 7.05. The molecule has 154 valence electrons. The van der Waals surface area contributed by atoms with Crippen LogP contribution in [0.15, 0.2) is 67.0 Å². The van der Waals surface area contributed by atoms with E-state index in [9.17, 15) is 5.11 Å². The van der Waals surface area contributed by atoms with Crippen LogP contribution in [0.3, 0.4) is 0 Å². The molecule has 0 aliphatic rings. The minimum absolute atomic E-state index is 0.0745. The Kier molecular flexibility index (Phi) is 7.41. The summed E-state index contributed by atoms with van der Waals surface area (Å²) in [7, 11) is 3.61. The lowest BCUT2D eigenvalue weighted by Crippen LogP contribution is -2.35. The number of methoxy groups -OCH3 is 1. The maximum atomic E-state index is 10.5. The number of benzene rings is 2. The van der Waals surface area contributed by atoms with Crippen molar-refractivity contribution >= 4 is 0 Å². The van der Waals surface area contributed by atoms with Crippen molar-refractivity contribution in [3.05, 3.63) is 83.9 Å². The van der Waals surface area contributed by atoms with Crippen LogP contribution in [0.2, 0.25) is 0 Å². The molecule has 0 aliphatic carbocycles. The van der Waals surface area contributed by atoms with Crippen molar-refractivity contribution in [2.45, 2.75) is 25.2 Å². The largest absolute Gasteiger partial charge is 0.497 e. The normalized spacial score (nSPS) is 14.3. The molecule has 0 bridgehead atoms. The molecule has 0 radical (unpaired) electrons. The summed E-state index contributed by atoms with van der Waals surface area (Å²) in [6.07, 6.45) is 2.96. The number of nitrogens with one attached hydrogen (secondary N) is 1. The number of aliphatic hydroxyl groups excluding tert-OH is 1. The van der Waals surface area contributed by atoms with Crippen LogP contribution >= 0.6 is 0 Å². The lowest BCUT2D eigenvalue weighted by atomic mass is 10.1. The van der Waals surface area contributed by atoms with Crippen LogP contribution in [-0.4, -0.2) is 41.0 Å². The fraction of sp³-hybridized carbons (Fsp3) is 0.348. The van der Waals surface area contributed by atoms with Crippen LogP contribution in [-0.2, 0) is 11.8 Å². The third-order valence-corrected chi connectivity index (χ3v) is 4.91. The Morgan fingerprint density at radius 1 is 1.10 bits per heavy atom. The highest BCUT2D eigenvalue weighted by molar-refractivity contribution is 5.33. The summed E-state index contributed by atoms with van der Waals surface area (Å²) in [5, 5.41) is 13.9. The van der Waals surface area contributed by atoms with Crippen molar-refractivity contribution in [2.75, 3.05) is 20.3 Å². The van der Waals surface area contributed by atoms with Crippen molar-refractivity contribution in [3.8, 4) is 5.75 Å². The van der Waals surface area contributed by atoms with E-state index in [1.165, 1.54) is 0 Å². The predicted octanol–water partition coefficient (Wildman–Crippen LogP) is 3.25. The zero-order chi connectivity index (χ0) is 20.6. The summed E-state index contributed by atoms with van der Waals surface area (Å²) < 4.78 is 13.2. The molecule has 3 atom stereocenters. The van der Waals surface area contributed by atoms with Crippen LogP contribution in [0.1, 0.15) is 36.0 Å². The molecule has 6 heteroatoms. The molecule has 3 unspecified atom stereocenters. The number of aryl methyl sites for hydroxylation is 1. The van der Waals surface area contributed by atoms with Gasteiger partial charge in [-0.1, -0.05) is 42.5 Å². The number of imidazole rings is 1. The third-order valence-electron chi connectivity index (χ3n) is 4.91. The number of hydrogen-bond acceptors (Lipinski definition) is 5. The molecule has 1 aromatic heterocycles. The maximum Gasteiger partial charge on any atom is 0.130 e. The third kappa shape index (κ3) is 5.67. The van der Waals surface area contributed by atoms with Gasteiger partial charge in [0.05, 0.1) is 32.0 Å². The first-order valence-electron chi connectivity index (χ1n) is 9.77. The summed E-state index contributed by atoms with van der Waals surface area (Å²) >= 11 is 0. The number of aliphatic hydroxyl groups is 1. The molecule has 29 heavy (non-hydrogen) atoms. The highest BCUT2D eigenvalue weighted by atomic mass is 16.5. The molecule has 0 amide bonds. The van der Waals surface area contributed by atoms with E-state index in [1.54, 1.807) is 13.3 Å². The zero-order valence-electron chi connectivity index (χ0n) is 17.2. The van der Waals surface area contributed by atoms with Gasteiger partial charge < -0.3 is 24.5 Å². The molecule has 0 aliphatic heterocycles. The first-order chi connectivity index (χ1) is 14.1. The summed E-state index contributed by atoms with van der Waals surface area (Å²) in [6.45, 7) is 2.60. The number of ether oxygens (including phenoxy) is 2. The molecular weight excluding hydrogens is 366 g/mol. The Labute approximate surface area is 172 Å². The fourth-order valence-electron chi connectivity index (χ4n) is 3.22. The standard InChI is InChI=1S/C23H29N3O3/c1-17(18-8-5-4-6-9-18)29-16-20(27)15-25-22(23-24-12-13-26(23)2)19-10-7-11-21(14-19)28-3/h4-14,17,20,22,25,27H,15-16H2,1-3H3. The number of nitrogens with zero attached hydrogens (tertiary/aromatic N) is 2. The van der Waals surface area contributed by atoms with Gasteiger partial charge in [-0.25, -0.2) is 4.98 Å². The lowest BCUT2D eigenvalue weighted by Gasteiger charge is -2.22. The molecule has 2 aromatic carbocycles. The zero-order valence-corrected chi connectivity index (χ0v) is 17.2. The van der Waals surface area contributed by atoms with Gasteiger partial charge in [0.2, 0.25) is 0 Å². The first-order valence-corrected chi connectivity index (χ1v) is 9.77. The van der Waals surface area contributed by atoms with E-state index in [-0.39, 0.29) is 18.8 Å². The van der Waals surface area contributed by atoms with Crippen molar-refractivity contribution in [2.24, 2.45) is 7.05 Å². The lowest BCUT2D eigenvalue weighted by molar-refractivity contribution is -0.00266. The molecule has 3 rings (SSSR count). The van der Waals surface area contributed by atoms with Gasteiger partial charge in [0.25, 0.3) is 0 Å². The minimum Gasteiger partial charge on any atom is -0.497 e. The molecule has 0 saturated carbocycles. The summed E-state index contributed by atoms with van der Waals surface area (Å²) in [4.78, 5) is 4.49. The van der Waals surface area contributed by atoms with Gasteiger partial charge in [-0.3, -0.25) is 0 Å². The van der Waals surface area contributed by atoms with E-state index in [2.05, 4.69) is 10.3 Å². The molecule has 0 spiro atoms. The van der Waals surface area contributed by atoms with Gasteiger partial charge in [-0.2, -0.15) is 0 Å². The topological polar surface area (TPSA) is 68.5 Å². The van der Waals surface area contributed by atoms with Crippen LogP contribution in [0, 0.1) is 0 Å². The van der Waals surface area contributed by atoms with E-state index in [1.807, 2.05) is 79.3 Å². The van der Waals surface area contributed by atoms with E-state index in [0.717, 1.165) is 22.7 Å². The second-order valence-electron chi connectivity index (χ2n) is 7.05. The quantitative estimate of drug-likeness (QED) is 0.552. The molecule has 0 fully saturated rings. The van der Waals surface area contributed by atoms with Gasteiger partial charge in [0, 0.05) is 26.0 Å². The molecule has 0 saturated heterocycles. The maximum absolute atomic E-state index is 10.5. The average molecular weight is 396 g/mol. The summed E-state index contributed by atoms with van der Waals surface area (Å²) in [6, 6.07) is 17.7. The first kappa shape index (κ1) is 21.0. The smallest absolute Gasteiger partial charge is 0.130 e. The van der Waals surface area contributed by atoms with Gasteiger partial charge in [0.15, 0.2) is 0 Å². The van der Waals surface area contributed by atoms with Gasteiger partial charge in [0.1, 0.15) is 11.6 Å². The van der Waals surface area contributed by atoms with Crippen molar-refractivity contribution in [1.82, 2.24) is 14.9 Å². The van der Waals surface area contributed by atoms with Crippen molar-refractivity contribution in [1.29, 1.82) is 0 Å². The van der Waals surface area contributed by atoms with Crippen LogP contribution in [0.25, 0.3) is 0 Å². The fourth-order valence-corrected chi connectivity index (χ4v) is 3.22. The summed E-state index contributed by atoms with van der Waals surface area (Å²) in [5.41, 5.74) is 2.11. The molecule has 1 heterocycles. The Balaban J connectivity index is 1.63. The van der Waals surface area contributed by atoms with Crippen molar-refractivity contribution < 1.29 is 14.6 Å². The van der Waals surface area contributed by atoms with E-state index in [0.29, 0.717) is 6.54 Å². The van der Waals surface area contributed by atoms with Gasteiger partial charge >= 0.3 is 0 Å². The van der Waals surface area contributed by atoms with Gasteiger partial charge in [-0.15, -0.1) is 0 Å². The van der Waals surface area contributed by atoms with Crippen LogP contribution in [0.4, 0.5) is 0 Å². The van der Waals surface area contributed by atoms with E-state index in [4.69, 9.17) is 9.47 Å². The summed E-state index contributed by atoms with van der Waals surface area (Å²) in [5.74, 6) is 1.65. The Hall–Kier alpha value is -2.67. The van der Waals surface area contributed by atoms with Gasteiger partial charge in [-0.05, 0) is 30.2 Å². The molecule has 2 N–H and O–H groups in total. The monoisotopic (exact) mass is 395 g/mol. The highest BCUT2D eigenvalue weighted by Gasteiger charge is 2.20. The van der Waals surface area contributed by atoms with E-state index < -0.39 is 6.10 Å². The highest BCUT2D eigenvalue weighted by Crippen LogP contribution is 2.24. The number of rotatable bonds is 10. The Morgan fingerprint density at radius 3 is 2.55 bits per heavy atom. The molecular formula is C23H29N3O3. The molecule has 3 aromatic rings. The van der Waals surface area contributed by atoms with Crippen LogP contribution in [0.5, 0.6) is 5.75 Å². The number of aromatic nitrogens is 2.